The standard InChI is InChI=1S/C19H19ClN4O2S/c1-19-11(10-27-18(21)24-19)6-7-26-16-5-3-13(8-14(16)19)23-17(25)15-4-2-12(20)9-22-15/h2-5,8-9,11H,6-7,10H2,1H3,(H2,21,24)(H,23,25)/t11-,19+/m1/s1. The Morgan fingerprint density at radius 2 is 2.26 bits per heavy atom. The van der Waals surface area contributed by atoms with Crippen LogP contribution in [-0.4, -0.2) is 28.4 Å². The van der Waals surface area contributed by atoms with E-state index in [4.69, 9.17) is 27.1 Å². The highest BCUT2D eigenvalue weighted by atomic mass is 35.5. The number of aliphatic imine (C=N–C) groups is 1. The minimum absolute atomic E-state index is 0.297. The maximum absolute atomic E-state index is 12.5. The second-order valence-corrected chi connectivity index (χ2v) is 8.25. The van der Waals surface area contributed by atoms with E-state index in [-0.39, 0.29) is 5.91 Å². The number of hydrogen-bond acceptors (Lipinski definition) is 6. The molecule has 2 aliphatic rings. The number of hydrogen-bond donors (Lipinski definition) is 2. The van der Waals surface area contributed by atoms with Gasteiger partial charge in [0.25, 0.3) is 5.91 Å². The maximum Gasteiger partial charge on any atom is 0.274 e. The van der Waals surface area contributed by atoms with Crippen molar-refractivity contribution in [3.05, 3.63) is 52.8 Å². The van der Waals surface area contributed by atoms with Gasteiger partial charge in [-0.05, 0) is 43.7 Å². The number of nitrogens with zero attached hydrogens (tertiary/aromatic N) is 2. The number of amidine groups is 1. The van der Waals surface area contributed by atoms with Gasteiger partial charge >= 0.3 is 0 Å². The first-order valence-corrected chi connectivity index (χ1v) is 10.0. The third-order valence-corrected chi connectivity index (χ3v) is 6.22. The van der Waals surface area contributed by atoms with Gasteiger partial charge in [-0.2, -0.15) is 0 Å². The number of rotatable bonds is 2. The van der Waals surface area contributed by atoms with Crippen molar-refractivity contribution in [3.63, 3.8) is 0 Å². The second-order valence-electron chi connectivity index (χ2n) is 6.77. The Balaban J connectivity index is 1.68. The predicted octanol–water partition coefficient (Wildman–Crippen LogP) is 3.66. The number of amides is 1. The summed E-state index contributed by atoms with van der Waals surface area (Å²) < 4.78 is 5.94. The van der Waals surface area contributed by atoms with Gasteiger partial charge in [-0.3, -0.25) is 9.79 Å². The topological polar surface area (TPSA) is 89.6 Å². The first-order valence-electron chi connectivity index (χ1n) is 8.64. The van der Waals surface area contributed by atoms with Crippen molar-refractivity contribution in [2.24, 2.45) is 16.6 Å². The summed E-state index contributed by atoms with van der Waals surface area (Å²) in [6.45, 7) is 2.73. The molecule has 0 saturated heterocycles. The van der Waals surface area contributed by atoms with Crippen molar-refractivity contribution in [3.8, 4) is 5.75 Å². The van der Waals surface area contributed by atoms with Crippen LogP contribution in [0.2, 0.25) is 5.02 Å². The molecule has 3 N–H and O–H groups in total. The molecule has 27 heavy (non-hydrogen) atoms. The molecule has 1 amide bonds. The van der Waals surface area contributed by atoms with Crippen LogP contribution in [0.1, 0.15) is 29.4 Å². The first-order chi connectivity index (χ1) is 13.0. The number of anilines is 1. The van der Waals surface area contributed by atoms with Gasteiger partial charge < -0.3 is 15.8 Å². The molecule has 2 aromatic rings. The number of carbonyl (C=O) groups is 1. The largest absolute Gasteiger partial charge is 0.493 e. The minimum atomic E-state index is -0.472. The fraction of sp³-hybridized carbons (Fsp3) is 0.316. The number of nitrogens with two attached hydrogens (primary N) is 1. The number of ether oxygens (including phenoxy) is 1. The van der Waals surface area contributed by atoms with Gasteiger partial charge in [-0.15, -0.1) is 0 Å². The maximum atomic E-state index is 12.5. The summed E-state index contributed by atoms with van der Waals surface area (Å²) in [5, 5.41) is 3.96. The molecule has 8 heteroatoms. The van der Waals surface area contributed by atoms with Crippen molar-refractivity contribution in [1.82, 2.24) is 4.98 Å². The van der Waals surface area contributed by atoms with E-state index in [2.05, 4.69) is 17.2 Å². The number of pyridine rings is 1. The molecular formula is C19H19ClN4O2S. The van der Waals surface area contributed by atoms with E-state index in [0.29, 0.717) is 34.1 Å². The first kappa shape index (κ1) is 18.1. The van der Waals surface area contributed by atoms with Crippen LogP contribution < -0.4 is 15.8 Å². The number of halogens is 1. The van der Waals surface area contributed by atoms with Crippen LogP contribution in [-0.2, 0) is 5.54 Å². The zero-order chi connectivity index (χ0) is 19.0. The molecule has 0 spiro atoms. The molecule has 1 aromatic carbocycles. The highest BCUT2D eigenvalue weighted by Gasteiger charge is 2.42. The molecule has 140 valence electrons. The van der Waals surface area contributed by atoms with Gasteiger partial charge in [0, 0.05) is 29.1 Å². The van der Waals surface area contributed by atoms with Crippen molar-refractivity contribution in [2.75, 3.05) is 17.7 Å². The van der Waals surface area contributed by atoms with E-state index in [1.165, 1.54) is 6.20 Å². The van der Waals surface area contributed by atoms with Crippen LogP contribution in [0.15, 0.2) is 41.5 Å². The molecule has 3 heterocycles. The van der Waals surface area contributed by atoms with E-state index in [1.54, 1.807) is 23.9 Å². The molecule has 0 unspecified atom stereocenters. The Bertz CT molecular complexity index is 918. The van der Waals surface area contributed by atoms with E-state index < -0.39 is 5.54 Å². The molecule has 2 aliphatic heterocycles. The number of aromatic nitrogens is 1. The second kappa shape index (κ2) is 7.05. The number of carbonyl (C=O) groups excluding carboxylic acids is 1. The Morgan fingerprint density at radius 1 is 1.41 bits per heavy atom. The van der Waals surface area contributed by atoms with E-state index in [9.17, 15) is 4.79 Å². The minimum Gasteiger partial charge on any atom is -0.493 e. The van der Waals surface area contributed by atoms with Gasteiger partial charge in [-0.1, -0.05) is 23.4 Å². The lowest BCUT2D eigenvalue weighted by Crippen LogP contribution is -2.37. The summed E-state index contributed by atoms with van der Waals surface area (Å²) in [7, 11) is 0. The lowest BCUT2D eigenvalue weighted by atomic mass is 9.79. The van der Waals surface area contributed by atoms with Crippen LogP contribution in [0, 0.1) is 5.92 Å². The van der Waals surface area contributed by atoms with Gasteiger partial charge in [0.05, 0.1) is 17.2 Å². The average Bonchev–Trinajstić information content (AvgIpc) is 2.78. The Kier molecular flexibility index (Phi) is 4.74. The average molecular weight is 403 g/mol. The number of fused-ring (bicyclic) bond motifs is 3. The zero-order valence-electron chi connectivity index (χ0n) is 14.7. The van der Waals surface area contributed by atoms with Gasteiger partial charge in [-0.25, -0.2) is 4.98 Å². The lowest BCUT2D eigenvalue weighted by Gasteiger charge is -2.36. The van der Waals surface area contributed by atoms with E-state index >= 15 is 0 Å². The van der Waals surface area contributed by atoms with E-state index in [1.807, 2.05) is 18.2 Å². The highest BCUT2D eigenvalue weighted by Crippen LogP contribution is 2.47. The molecule has 0 radical (unpaired) electrons. The molecule has 6 nitrogen and oxygen atoms in total. The Labute approximate surface area is 166 Å². The predicted molar refractivity (Wildman–Crippen MR) is 109 cm³/mol. The van der Waals surface area contributed by atoms with Gasteiger partial charge in [0.1, 0.15) is 11.4 Å². The third-order valence-electron chi connectivity index (χ3n) is 5.04. The van der Waals surface area contributed by atoms with Gasteiger partial charge in [0.15, 0.2) is 5.17 Å². The van der Waals surface area contributed by atoms with Crippen LogP contribution in [0.4, 0.5) is 5.69 Å². The highest BCUT2D eigenvalue weighted by molar-refractivity contribution is 8.13. The van der Waals surface area contributed by atoms with Crippen LogP contribution in [0.3, 0.4) is 0 Å². The normalized spacial score (nSPS) is 23.9. The molecule has 0 aliphatic carbocycles. The summed E-state index contributed by atoms with van der Waals surface area (Å²) in [6.07, 6.45) is 2.36. The summed E-state index contributed by atoms with van der Waals surface area (Å²) in [5.41, 5.74) is 7.45. The fourth-order valence-corrected chi connectivity index (χ4v) is 4.72. The summed E-state index contributed by atoms with van der Waals surface area (Å²) in [5.74, 6) is 1.70. The van der Waals surface area contributed by atoms with Crippen molar-refractivity contribution < 1.29 is 9.53 Å². The number of thioether (sulfide) groups is 1. The molecular weight excluding hydrogens is 384 g/mol. The molecule has 0 bridgehead atoms. The van der Waals surface area contributed by atoms with Crippen LogP contribution in [0.5, 0.6) is 5.75 Å². The fourth-order valence-electron chi connectivity index (χ4n) is 3.49. The quantitative estimate of drug-likeness (QED) is 0.800. The Morgan fingerprint density at radius 3 is 3.04 bits per heavy atom. The van der Waals surface area contributed by atoms with E-state index in [0.717, 1.165) is 23.5 Å². The van der Waals surface area contributed by atoms with Crippen molar-refractivity contribution in [1.29, 1.82) is 0 Å². The SMILES string of the molecule is C[C@]12N=C(N)SC[C@H]1CCOc1ccc(NC(=O)c3ccc(Cl)cn3)cc12. The monoisotopic (exact) mass is 402 g/mol. The number of benzene rings is 1. The number of nitrogens with one attached hydrogen (secondary N) is 1. The summed E-state index contributed by atoms with van der Waals surface area (Å²) in [4.78, 5) is 21.3. The van der Waals surface area contributed by atoms with Crippen LogP contribution in [0.25, 0.3) is 0 Å². The summed E-state index contributed by atoms with van der Waals surface area (Å²) >= 11 is 7.41. The molecule has 0 saturated carbocycles. The molecule has 1 aromatic heterocycles. The van der Waals surface area contributed by atoms with Crippen molar-refractivity contribution >= 4 is 40.1 Å². The smallest absolute Gasteiger partial charge is 0.274 e. The lowest BCUT2D eigenvalue weighted by molar-refractivity contribution is 0.102. The zero-order valence-corrected chi connectivity index (χ0v) is 16.3. The molecule has 4 rings (SSSR count). The molecule has 0 fully saturated rings. The van der Waals surface area contributed by atoms with Gasteiger partial charge in [0.2, 0.25) is 0 Å². The summed E-state index contributed by atoms with van der Waals surface area (Å²) in [6, 6.07) is 8.85. The third kappa shape index (κ3) is 3.49. The molecule has 2 atom stereocenters. The van der Waals surface area contributed by atoms with Crippen LogP contribution >= 0.6 is 23.4 Å². The van der Waals surface area contributed by atoms with Crippen molar-refractivity contribution in [2.45, 2.75) is 18.9 Å². The Hall–Kier alpha value is -2.25.